The van der Waals surface area contributed by atoms with Gasteiger partial charge in [-0.2, -0.15) is 8.78 Å². The summed E-state index contributed by atoms with van der Waals surface area (Å²) in [6.45, 7) is -0.127. The molecular weight excluding hydrogens is 300 g/mol. The number of urea groups is 1. The third-order valence-corrected chi connectivity index (χ3v) is 3.16. The maximum Gasteiger partial charge on any atom is 0.324 e. The van der Waals surface area contributed by atoms with Gasteiger partial charge in [0.15, 0.2) is 0 Å². The lowest BCUT2D eigenvalue weighted by Crippen LogP contribution is -2.53. The molecule has 1 saturated heterocycles. The summed E-state index contributed by atoms with van der Waals surface area (Å²) in [5.74, 6) is -6.50. The molecule has 0 aliphatic carbocycles. The Morgan fingerprint density at radius 3 is 2.52 bits per heavy atom. The molecule has 2 atom stereocenters. The van der Waals surface area contributed by atoms with Crippen LogP contribution in [0.2, 0.25) is 0 Å². The largest absolute Gasteiger partial charge is 0.481 e. The second-order valence-electron chi connectivity index (χ2n) is 4.56. The summed E-state index contributed by atoms with van der Waals surface area (Å²) in [6.07, 6.45) is -3.89. The molecule has 2 N–H and O–H groups in total. The van der Waals surface area contributed by atoms with Crippen LogP contribution >= 0.6 is 0 Å². The van der Waals surface area contributed by atoms with E-state index in [1.807, 2.05) is 0 Å². The molecule has 0 spiro atoms. The van der Waals surface area contributed by atoms with Crippen LogP contribution in [0.5, 0.6) is 0 Å². The van der Waals surface area contributed by atoms with Gasteiger partial charge in [-0.1, -0.05) is 0 Å². The number of halogens is 4. The van der Waals surface area contributed by atoms with Gasteiger partial charge in [0.25, 0.3) is 0 Å². The number of carboxylic acid groups (broad SMARTS) is 1. The minimum Gasteiger partial charge on any atom is -0.481 e. The topological polar surface area (TPSA) is 78.9 Å². The summed E-state index contributed by atoms with van der Waals surface area (Å²) in [7, 11) is 0. The quantitative estimate of drug-likeness (QED) is 0.717. The Kier molecular flexibility index (Phi) is 5.76. The number of nitrogens with one attached hydrogen (secondary N) is 1. The van der Waals surface area contributed by atoms with Gasteiger partial charge >= 0.3 is 24.3 Å². The normalized spacial score (nSPS) is 22.4. The lowest BCUT2D eigenvalue weighted by atomic mass is 10.0. The van der Waals surface area contributed by atoms with E-state index in [2.05, 4.69) is 0 Å². The summed E-state index contributed by atoms with van der Waals surface area (Å²) in [5.41, 5.74) is 0. The van der Waals surface area contributed by atoms with Crippen molar-refractivity contribution in [2.75, 3.05) is 26.3 Å². The summed E-state index contributed by atoms with van der Waals surface area (Å²) in [5, 5.41) is 10.7. The predicted octanol–water partition coefficient (Wildman–Crippen LogP) is 1.02. The van der Waals surface area contributed by atoms with Crippen molar-refractivity contribution in [1.82, 2.24) is 10.2 Å². The van der Waals surface area contributed by atoms with E-state index in [4.69, 9.17) is 9.84 Å². The summed E-state index contributed by atoms with van der Waals surface area (Å²) in [6, 6.07) is -1.85. The molecule has 2 unspecified atom stereocenters. The number of amides is 2. The molecule has 6 nitrogen and oxygen atoms in total. The van der Waals surface area contributed by atoms with Crippen molar-refractivity contribution in [3.05, 3.63) is 0 Å². The van der Waals surface area contributed by atoms with Crippen molar-refractivity contribution in [2.45, 2.75) is 25.3 Å². The molecule has 0 aromatic rings. The van der Waals surface area contributed by atoms with Crippen LogP contribution in [-0.4, -0.2) is 66.7 Å². The van der Waals surface area contributed by atoms with Crippen LogP contribution in [0.25, 0.3) is 0 Å². The minimum atomic E-state index is -4.34. The van der Waals surface area contributed by atoms with Crippen LogP contribution in [0, 0.1) is 5.92 Å². The van der Waals surface area contributed by atoms with Gasteiger partial charge in [0.1, 0.15) is 5.92 Å². The Morgan fingerprint density at radius 2 is 2.05 bits per heavy atom. The fourth-order valence-electron chi connectivity index (χ4n) is 1.99. The number of hydrogen-bond donors (Lipinski definition) is 2. The van der Waals surface area contributed by atoms with Gasteiger partial charge in [0, 0.05) is 6.54 Å². The van der Waals surface area contributed by atoms with Crippen molar-refractivity contribution in [3.63, 3.8) is 0 Å². The van der Waals surface area contributed by atoms with Crippen molar-refractivity contribution in [2.24, 2.45) is 5.92 Å². The molecule has 1 rings (SSSR count). The fourth-order valence-corrected chi connectivity index (χ4v) is 1.99. The van der Waals surface area contributed by atoms with Crippen LogP contribution in [0.1, 0.15) is 6.92 Å². The first-order chi connectivity index (χ1) is 9.70. The molecule has 1 aliphatic heterocycles. The molecule has 0 aromatic carbocycles. The summed E-state index contributed by atoms with van der Waals surface area (Å²) < 4.78 is 54.5. The lowest BCUT2D eigenvalue weighted by Gasteiger charge is -2.30. The van der Waals surface area contributed by atoms with Crippen LogP contribution in [-0.2, 0) is 9.53 Å². The molecule has 1 aliphatic rings. The number of alkyl halides is 4. The first-order valence-corrected chi connectivity index (χ1v) is 6.21. The molecule has 0 saturated carbocycles. The van der Waals surface area contributed by atoms with Crippen LogP contribution < -0.4 is 5.32 Å². The number of carboxylic acids is 1. The molecular formula is C11H16F4N2O4. The zero-order valence-corrected chi connectivity index (χ0v) is 11.2. The molecule has 0 aromatic heterocycles. The molecule has 10 heteroatoms. The summed E-state index contributed by atoms with van der Waals surface area (Å²) >= 11 is 0. The zero-order chi connectivity index (χ0) is 16.2. The van der Waals surface area contributed by atoms with Crippen molar-refractivity contribution in [1.29, 1.82) is 0 Å². The second kappa shape index (κ2) is 6.92. The summed E-state index contributed by atoms with van der Waals surface area (Å²) in [4.78, 5) is 23.8. The molecule has 1 fully saturated rings. The number of nitrogens with zero attached hydrogens (tertiary/aromatic N) is 1. The number of ether oxygens (including phenoxy) is 1. The SMILES string of the molecule is CCN(C(=O)NCC(F)(F)C(F)F)C1COCC1C(=O)O. The van der Waals surface area contributed by atoms with Gasteiger partial charge in [-0.15, -0.1) is 0 Å². The molecule has 122 valence electrons. The van der Waals surface area contributed by atoms with E-state index in [1.165, 1.54) is 6.92 Å². The van der Waals surface area contributed by atoms with Crippen molar-refractivity contribution < 1.29 is 37.0 Å². The Bertz CT molecular complexity index is 394. The number of rotatable bonds is 6. The van der Waals surface area contributed by atoms with Crippen LogP contribution in [0.4, 0.5) is 22.4 Å². The highest BCUT2D eigenvalue weighted by atomic mass is 19.3. The Morgan fingerprint density at radius 1 is 1.43 bits per heavy atom. The average Bonchev–Trinajstić information content (AvgIpc) is 2.86. The first kappa shape index (κ1) is 17.5. The minimum absolute atomic E-state index is 0.0316. The Hall–Kier alpha value is -1.58. The van der Waals surface area contributed by atoms with E-state index < -0.39 is 42.9 Å². The number of hydrogen-bond acceptors (Lipinski definition) is 3. The van der Waals surface area contributed by atoms with Gasteiger partial charge in [-0.25, -0.2) is 13.6 Å². The predicted molar refractivity (Wildman–Crippen MR) is 62.5 cm³/mol. The van der Waals surface area contributed by atoms with Gasteiger partial charge in [0.2, 0.25) is 0 Å². The maximum atomic E-state index is 12.8. The lowest BCUT2D eigenvalue weighted by molar-refractivity contribution is -0.142. The second-order valence-corrected chi connectivity index (χ2v) is 4.56. The standard InChI is InChI=1S/C11H16F4N2O4/c1-2-17(7-4-21-3-6(7)8(18)19)10(20)16-5-11(14,15)9(12)13/h6-7,9H,2-5H2,1H3,(H,16,20)(H,18,19). The Balaban J connectivity index is 2.67. The van der Waals surface area contributed by atoms with E-state index in [-0.39, 0.29) is 19.8 Å². The van der Waals surface area contributed by atoms with Crippen molar-refractivity contribution >= 4 is 12.0 Å². The van der Waals surface area contributed by atoms with Gasteiger partial charge in [-0.3, -0.25) is 4.79 Å². The molecule has 0 radical (unpaired) electrons. The van der Waals surface area contributed by atoms with E-state index in [1.54, 1.807) is 5.32 Å². The number of carbonyl (C=O) groups excluding carboxylic acids is 1. The molecule has 0 bridgehead atoms. The maximum absolute atomic E-state index is 12.8. The highest BCUT2D eigenvalue weighted by Gasteiger charge is 2.43. The van der Waals surface area contributed by atoms with Gasteiger partial charge in [-0.05, 0) is 6.92 Å². The monoisotopic (exact) mass is 316 g/mol. The number of likely N-dealkylation sites (N-methyl/N-ethyl adjacent to an activating group) is 1. The van der Waals surface area contributed by atoms with Crippen LogP contribution in [0.3, 0.4) is 0 Å². The molecule has 2 amide bonds. The molecule has 21 heavy (non-hydrogen) atoms. The van der Waals surface area contributed by atoms with E-state index in [0.29, 0.717) is 0 Å². The van der Waals surface area contributed by atoms with Gasteiger partial charge in [0.05, 0.1) is 25.8 Å². The highest BCUT2D eigenvalue weighted by molar-refractivity contribution is 5.77. The van der Waals surface area contributed by atoms with Crippen molar-refractivity contribution in [3.8, 4) is 0 Å². The van der Waals surface area contributed by atoms with E-state index in [0.717, 1.165) is 4.90 Å². The fraction of sp³-hybridized carbons (Fsp3) is 0.818. The highest BCUT2D eigenvalue weighted by Crippen LogP contribution is 2.23. The molecule has 1 heterocycles. The number of aliphatic carboxylic acids is 1. The Labute approximate surface area is 118 Å². The third-order valence-electron chi connectivity index (χ3n) is 3.16. The third kappa shape index (κ3) is 4.19. The van der Waals surface area contributed by atoms with Gasteiger partial charge < -0.3 is 20.1 Å². The van der Waals surface area contributed by atoms with E-state index >= 15 is 0 Å². The smallest absolute Gasteiger partial charge is 0.324 e. The average molecular weight is 316 g/mol. The first-order valence-electron chi connectivity index (χ1n) is 6.21. The zero-order valence-electron chi connectivity index (χ0n) is 11.2. The van der Waals surface area contributed by atoms with Crippen LogP contribution in [0.15, 0.2) is 0 Å². The van der Waals surface area contributed by atoms with E-state index in [9.17, 15) is 27.2 Å². The number of carbonyl (C=O) groups is 2.